The zero-order chi connectivity index (χ0) is 11.6. The summed E-state index contributed by atoms with van der Waals surface area (Å²) in [4.78, 5) is 8.92. The van der Waals surface area contributed by atoms with Gasteiger partial charge in [-0.15, -0.1) is 11.3 Å². The fraction of sp³-hybridized carbons (Fsp3) is 0.769. The molecule has 3 aliphatic rings. The van der Waals surface area contributed by atoms with Gasteiger partial charge in [0, 0.05) is 23.4 Å². The molecule has 1 saturated heterocycles. The summed E-state index contributed by atoms with van der Waals surface area (Å²) in [7, 11) is 2.27. The normalized spacial score (nSPS) is 33.8. The summed E-state index contributed by atoms with van der Waals surface area (Å²) in [6, 6.07) is 1.59. The number of likely N-dealkylation sites (N-methyl/N-ethyl adjacent to an activating group) is 1. The first-order valence-electron chi connectivity index (χ1n) is 6.71. The van der Waals surface area contributed by atoms with Crippen LogP contribution in [0, 0.1) is 5.92 Å². The molecule has 4 heteroatoms. The molecule has 0 amide bonds. The molecule has 17 heavy (non-hydrogen) atoms. The summed E-state index contributed by atoms with van der Waals surface area (Å²) in [5.74, 6) is 0.720. The lowest BCUT2D eigenvalue weighted by Crippen LogP contribution is -2.33. The molecule has 2 N–H and O–H groups in total. The molecular formula is C13H19N3S. The monoisotopic (exact) mass is 249 g/mol. The zero-order valence-corrected chi connectivity index (χ0v) is 11.0. The number of hydrogen-bond acceptors (Lipinski definition) is 4. The minimum Gasteiger partial charge on any atom is -0.322 e. The van der Waals surface area contributed by atoms with E-state index in [1.807, 2.05) is 11.3 Å². The summed E-state index contributed by atoms with van der Waals surface area (Å²) in [5, 5.41) is 1.21. The van der Waals surface area contributed by atoms with Crippen molar-refractivity contribution in [3.63, 3.8) is 0 Å². The van der Waals surface area contributed by atoms with Crippen molar-refractivity contribution in [2.45, 2.75) is 50.2 Å². The van der Waals surface area contributed by atoms with Crippen molar-refractivity contribution in [3.8, 4) is 0 Å². The number of thiazole rings is 1. The Morgan fingerprint density at radius 1 is 1.35 bits per heavy atom. The van der Waals surface area contributed by atoms with Gasteiger partial charge in [0.05, 0.1) is 11.7 Å². The largest absolute Gasteiger partial charge is 0.322 e. The van der Waals surface area contributed by atoms with Crippen LogP contribution in [-0.2, 0) is 6.42 Å². The highest BCUT2D eigenvalue weighted by atomic mass is 32.1. The molecule has 1 saturated carbocycles. The van der Waals surface area contributed by atoms with Gasteiger partial charge in [0.25, 0.3) is 0 Å². The van der Waals surface area contributed by atoms with Gasteiger partial charge < -0.3 is 5.73 Å². The van der Waals surface area contributed by atoms with Gasteiger partial charge in [0.2, 0.25) is 0 Å². The van der Waals surface area contributed by atoms with E-state index >= 15 is 0 Å². The lowest BCUT2D eigenvalue weighted by atomic mass is 10.1. The van der Waals surface area contributed by atoms with Crippen LogP contribution in [0.25, 0.3) is 0 Å². The Bertz CT molecular complexity index is 452. The third kappa shape index (κ3) is 1.51. The minimum atomic E-state index is 0.217. The number of hydrogen-bond donors (Lipinski definition) is 1. The molecule has 2 bridgehead atoms. The lowest BCUT2D eigenvalue weighted by Gasteiger charge is -2.29. The van der Waals surface area contributed by atoms with Gasteiger partial charge in [-0.05, 0) is 38.6 Å². The Morgan fingerprint density at radius 2 is 2.18 bits per heavy atom. The lowest BCUT2D eigenvalue weighted by molar-refractivity contribution is 0.226. The molecule has 92 valence electrons. The second kappa shape index (κ2) is 3.53. The average molecular weight is 249 g/mol. The molecule has 0 aromatic carbocycles. The van der Waals surface area contributed by atoms with Crippen LogP contribution in [0.4, 0.5) is 0 Å². The molecule has 3 atom stereocenters. The number of fused-ring (bicyclic) bond motifs is 4. The second-order valence-electron chi connectivity index (χ2n) is 5.84. The van der Waals surface area contributed by atoms with Crippen LogP contribution < -0.4 is 5.73 Å². The SMILES string of the molecule is CN1C2CCC1c1sc(C(N)C3CC3)nc1C2. The molecule has 1 aliphatic carbocycles. The van der Waals surface area contributed by atoms with Crippen LogP contribution in [0.5, 0.6) is 0 Å². The van der Waals surface area contributed by atoms with E-state index < -0.39 is 0 Å². The average Bonchev–Trinajstić information content (AvgIpc) is 3.04. The molecule has 1 aromatic heterocycles. The van der Waals surface area contributed by atoms with E-state index in [-0.39, 0.29) is 6.04 Å². The number of nitrogens with two attached hydrogens (primary N) is 1. The summed E-state index contributed by atoms with van der Waals surface area (Å²) in [6.45, 7) is 0. The maximum absolute atomic E-state index is 6.28. The summed E-state index contributed by atoms with van der Waals surface area (Å²) < 4.78 is 0. The molecule has 0 spiro atoms. The second-order valence-corrected chi connectivity index (χ2v) is 6.91. The van der Waals surface area contributed by atoms with E-state index in [1.54, 1.807) is 0 Å². The van der Waals surface area contributed by atoms with Gasteiger partial charge in [-0.1, -0.05) is 0 Å². The van der Waals surface area contributed by atoms with Crippen molar-refractivity contribution in [2.75, 3.05) is 7.05 Å². The Morgan fingerprint density at radius 3 is 2.94 bits per heavy atom. The highest BCUT2D eigenvalue weighted by Crippen LogP contribution is 2.47. The van der Waals surface area contributed by atoms with Gasteiger partial charge in [0.15, 0.2) is 0 Å². The third-order valence-electron chi connectivity index (χ3n) is 4.73. The van der Waals surface area contributed by atoms with Crippen molar-refractivity contribution >= 4 is 11.3 Å². The van der Waals surface area contributed by atoms with Crippen molar-refractivity contribution < 1.29 is 0 Å². The van der Waals surface area contributed by atoms with Crippen LogP contribution in [0.3, 0.4) is 0 Å². The van der Waals surface area contributed by atoms with Gasteiger partial charge in [-0.2, -0.15) is 0 Å². The van der Waals surface area contributed by atoms with Crippen LogP contribution in [0.15, 0.2) is 0 Å². The van der Waals surface area contributed by atoms with Crippen LogP contribution in [0.2, 0.25) is 0 Å². The molecule has 2 fully saturated rings. The van der Waals surface area contributed by atoms with Gasteiger partial charge in [0.1, 0.15) is 5.01 Å². The van der Waals surface area contributed by atoms with Gasteiger partial charge >= 0.3 is 0 Å². The van der Waals surface area contributed by atoms with E-state index in [0.29, 0.717) is 6.04 Å². The Balaban J connectivity index is 1.70. The summed E-state index contributed by atoms with van der Waals surface area (Å²) >= 11 is 1.90. The number of aromatic nitrogens is 1. The molecule has 0 radical (unpaired) electrons. The first-order chi connectivity index (χ1) is 8.24. The molecular weight excluding hydrogens is 230 g/mol. The van der Waals surface area contributed by atoms with E-state index in [9.17, 15) is 0 Å². The third-order valence-corrected chi connectivity index (χ3v) is 6.03. The zero-order valence-electron chi connectivity index (χ0n) is 10.2. The molecule has 2 aliphatic heterocycles. The van der Waals surface area contributed by atoms with Crippen molar-refractivity contribution in [1.82, 2.24) is 9.88 Å². The summed E-state index contributed by atoms with van der Waals surface area (Å²) in [6.07, 6.45) is 6.41. The quantitative estimate of drug-likeness (QED) is 0.874. The molecule has 3 heterocycles. The Labute approximate surface area is 106 Å². The maximum Gasteiger partial charge on any atom is 0.110 e. The highest BCUT2D eigenvalue weighted by molar-refractivity contribution is 7.12. The van der Waals surface area contributed by atoms with E-state index in [1.165, 1.54) is 41.3 Å². The van der Waals surface area contributed by atoms with Gasteiger partial charge in [-0.3, -0.25) is 4.90 Å². The highest BCUT2D eigenvalue weighted by Gasteiger charge is 2.41. The van der Waals surface area contributed by atoms with Crippen LogP contribution in [0.1, 0.15) is 53.3 Å². The van der Waals surface area contributed by atoms with E-state index in [0.717, 1.165) is 18.4 Å². The molecule has 3 unspecified atom stereocenters. The van der Waals surface area contributed by atoms with Crippen molar-refractivity contribution in [1.29, 1.82) is 0 Å². The standard InChI is InChI=1S/C13H19N3S/c1-16-8-4-5-10(16)12-9(6-8)15-13(17-12)11(14)7-2-3-7/h7-8,10-11H,2-6,14H2,1H3. The smallest absolute Gasteiger partial charge is 0.110 e. The minimum absolute atomic E-state index is 0.217. The van der Waals surface area contributed by atoms with Crippen molar-refractivity contribution in [3.05, 3.63) is 15.6 Å². The molecule has 3 nitrogen and oxygen atoms in total. The first kappa shape index (κ1) is 10.5. The fourth-order valence-corrected chi connectivity index (χ4v) is 4.76. The van der Waals surface area contributed by atoms with E-state index in [4.69, 9.17) is 10.7 Å². The molecule has 1 aromatic rings. The van der Waals surface area contributed by atoms with Crippen LogP contribution in [-0.4, -0.2) is 23.0 Å². The first-order valence-corrected chi connectivity index (χ1v) is 7.52. The Kier molecular flexibility index (Phi) is 2.17. The number of nitrogens with zero attached hydrogens (tertiary/aromatic N) is 2. The van der Waals surface area contributed by atoms with Crippen LogP contribution >= 0.6 is 11.3 Å². The topological polar surface area (TPSA) is 42.1 Å². The fourth-order valence-electron chi connectivity index (χ4n) is 3.39. The van der Waals surface area contributed by atoms with Gasteiger partial charge in [-0.25, -0.2) is 4.98 Å². The predicted octanol–water partition coefficient (Wildman–Crippen LogP) is 2.24. The predicted molar refractivity (Wildman–Crippen MR) is 69.0 cm³/mol. The van der Waals surface area contributed by atoms with E-state index in [2.05, 4.69) is 11.9 Å². The Hall–Kier alpha value is -0.450. The summed E-state index contributed by atoms with van der Waals surface area (Å²) in [5.41, 5.74) is 7.65. The number of rotatable bonds is 2. The van der Waals surface area contributed by atoms with Crippen molar-refractivity contribution in [2.24, 2.45) is 11.7 Å². The maximum atomic E-state index is 6.28. The molecule has 4 rings (SSSR count).